The molecule has 1 aromatic carbocycles. The van der Waals surface area contributed by atoms with Crippen LogP contribution in [0.25, 0.3) is 0 Å². The molecule has 2 amide bonds. The second kappa shape index (κ2) is 5.06. The van der Waals surface area contributed by atoms with Gasteiger partial charge in [0.2, 0.25) is 5.91 Å². The number of hydrogen-bond donors (Lipinski definition) is 1. The van der Waals surface area contributed by atoms with Crippen LogP contribution in [-0.4, -0.2) is 16.8 Å². The van der Waals surface area contributed by atoms with Gasteiger partial charge < -0.3 is 5.32 Å². The molecule has 0 atom stereocenters. The van der Waals surface area contributed by atoms with Gasteiger partial charge in [-0.1, -0.05) is 12.1 Å². The summed E-state index contributed by atoms with van der Waals surface area (Å²) in [5.41, 5.74) is 0.243. The third-order valence-electron chi connectivity index (χ3n) is 1.90. The van der Waals surface area contributed by atoms with Gasteiger partial charge in [0.15, 0.2) is 5.03 Å². The molecule has 0 saturated heterocycles. The topological polar surface area (TPSA) is 92.6 Å². The second-order valence-corrected chi connectivity index (χ2v) is 3.27. The number of nitrogens with zero attached hydrogens (tertiary/aromatic N) is 2. The van der Waals surface area contributed by atoms with E-state index in [9.17, 15) is 19.7 Å². The van der Waals surface area contributed by atoms with Gasteiger partial charge in [-0.15, -0.1) is 0 Å². The average Bonchev–Trinajstić information content (AvgIpc) is 2.18. The Morgan fingerprint density at radius 1 is 1.29 bits per heavy atom. The van der Waals surface area contributed by atoms with Crippen molar-refractivity contribution >= 4 is 23.2 Å². The van der Waals surface area contributed by atoms with Crippen molar-refractivity contribution in [3.05, 3.63) is 34.4 Å². The molecule has 0 aliphatic carbocycles. The van der Waals surface area contributed by atoms with Gasteiger partial charge in [0.05, 0.1) is 5.69 Å². The van der Waals surface area contributed by atoms with Gasteiger partial charge in [0.25, 0.3) is 5.91 Å². The molecule has 7 heteroatoms. The molecule has 90 valence electrons. The normalized spacial score (nSPS) is 9.53. The summed E-state index contributed by atoms with van der Waals surface area (Å²) in [7, 11) is 0. The van der Waals surface area contributed by atoms with Crippen LogP contribution in [0.2, 0.25) is 0 Å². The summed E-state index contributed by atoms with van der Waals surface area (Å²) in [6.07, 6.45) is 0. The lowest BCUT2D eigenvalue weighted by Crippen LogP contribution is -2.35. The summed E-state index contributed by atoms with van der Waals surface area (Å²) in [5, 5.41) is 12.8. The lowest BCUT2D eigenvalue weighted by molar-refractivity contribution is -0.483. The first-order valence-electron chi connectivity index (χ1n) is 4.75. The summed E-state index contributed by atoms with van der Waals surface area (Å²) in [6.45, 7) is 2.36. The smallest absolute Gasteiger partial charge is 0.286 e. The molecule has 0 saturated carbocycles. The van der Waals surface area contributed by atoms with E-state index in [1.165, 1.54) is 19.1 Å². The van der Waals surface area contributed by atoms with Crippen molar-refractivity contribution < 1.29 is 14.6 Å². The highest BCUT2D eigenvalue weighted by molar-refractivity contribution is 5.98. The lowest BCUT2D eigenvalue weighted by Gasteiger charge is -2.14. The van der Waals surface area contributed by atoms with E-state index in [4.69, 9.17) is 0 Å². The van der Waals surface area contributed by atoms with Crippen molar-refractivity contribution in [1.82, 2.24) is 0 Å². The number of hydrazine groups is 1. The summed E-state index contributed by atoms with van der Waals surface area (Å²) in [6, 6.07) is 6.01. The molecule has 0 heterocycles. The number of nitro groups is 1. The zero-order chi connectivity index (χ0) is 13.0. The molecule has 7 nitrogen and oxygen atoms in total. The number of hydrogen-bond acceptors (Lipinski definition) is 4. The molecule has 0 unspecified atom stereocenters. The molecule has 1 aromatic rings. The Balaban J connectivity index is 3.23. The van der Waals surface area contributed by atoms with Crippen LogP contribution in [0.3, 0.4) is 0 Å². The Hall–Kier alpha value is -2.44. The average molecular weight is 237 g/mol. The van der Waals surface area contributed by atoms with Crippen LogP contribution in [0.4, 0.5) is 11.4 Å². The van der Waals surface area contributed by atoms with Crippen molar-refractivity contribution in [1.29, 1.82) is 0 Å². The minimum atomic E-state index is -0.830. The van der Waals surface area contributed by atoms with Gasteiger partial charge >= 0.3 is 0 Å². The predicted octanol–water partition coefficient (Wildman–Crippen LogP) is 1.19. The van der Waals surface area contributed by atoms with Crippen LogP contribution in [0.5, 0.6) is 0 Å². The molecule has 0 aliphatic heterocycles. The first kappa shape index (κ1) is 12.6. The third kappa shape index (κ3) is 3.00. The number of rotatable bonds is 3. The minimum Gasteiger partial charge on any atom is -0.324 e. The summed E-state index contributed by atoms with van der Waals surface area (Å²) in [5.74, 6) is -1.11. The minimum absolute atomic E-state index is 0.0280. The van der Waals surface area contributed by atoms with Crippen molar-refractivity contribution in [2.24, 2.45) is 0 Å². The van der Waals surface area contributed by atoms with Crippen molar-refractivity contribution in [3.63, 3.8) is 0 Å². The molecule has 0 spiro atoms. The standard InChI is InChI=1S/C10H11N3O4/c1-7(14)11-9-5-3-4-6-10(9)12(8(2)15)13(16)17/h3-6H,1-2H3,(H,11,14). The van der Waals surface area contributed by atoms with E-state index in [0.29, 0.717) is 5.01 Å². The largest absolute Gasteiger partial charge is 0.324 e. The van der Waals surface area contributed by atoms with E-state index in [1.807, 2.05) is 0 Å². The number of carbonyl (C=O) groups excluding carboxylic acids is 2. The SMILES string of the molecule is CC(=O)Nc1ccccc1N(C(C)=O)[N+](=O)[O-]. The molecular weight excluding hydrogens is 226 g/mol. The molecule has 1 N–H and O–H groups in total. The number of anilines is 2. The first-order chi connectivity index (χ1) is 7.93. The molecule has 1 rings (SSSR count). The molecule has 0 aliphatic rings. The van der Waals surface area contributed by atoms with Gasteiger partial charge in [-0.2, -0.15) is 0 Å². The predicted molar refractivity (Wildman–Crippen MR) is 60.9 cm³/mol. The van der Waals surface area contributed by atoms with Gasteiger partial charge in [-0.25, -0.2) is 10.1 Å². The zero-order valence-electron chi connectivity index (χ0n) is 9.34. The first-order valence-corrected chi connectivity index (χ1v) is 4.75. The maximum Gasteiger partial charge on any atom is 0.286 e. The van der Waals surface area contributed by atoms with E-state index in [2.05, 4.69) is 5.32 Å². The highest BCUT2D eigenvalue weighted by Gasteiger charge is 2.25. The highest BCUT2D eigenvalue weighted by Crippen LogP contribution is 2.25. The number of amides is 2. The fraction of sp³-hybridized carbons (Fsp3) is 0.200. The molecular formula is C10H11N3O4. The van der Waals surface area contributed by atoms with E-state index in [-0.39, 0.29) is 17.3 Å². The highest BCUT2D eigenvalue weighted by atomic mass is 16.7. The second-order valence-electron chi connectivity index (χ2n) is 3.27. The van der Waals surface area contributed by atoms with Crippen LogP contribution >= 0.6 is 0 Å². The van der Waals surface area contributed by atoms with Crippen molar-refractivity contribution in [3.8, 4) is 0 Å². The van der Waals surface area contributed by atoms with Gasteiger partial charge in [0, 0.05) is 13.8 Å². The van der Waals surface area contributed by atoms with E-state index in [0.717, 1.165) is 6.92 Å². The molecule has 0 radical (unpaired) electrons. The van der Waals surface area contributed by atoms with Crippen LogP contribution in [-0.2, 0) is 9.59 Å². The number of benzene rings is 1. The summed E-state index contributed by atoms with van der Waals surface area (Å²) >= 11 is 0. The van der Waals surface area contributed by atoms with E-state index < -0.39 is 10.9 Å². The number of carbonyl (C=O) groups is 2. The van der Waals surface area contributed by atoms with Crippen molar-refractivity contribution in [2.45, 2.75) is 13.8 Å². The monoisotopic (exact) mass is 237 g/mol. The van der Waals surface area contributed by atoms with Crippen LogP contribution in [0.1, 0.15) is 13.8 Å². The number of para-hydroxylation sites is 2. The Bertz CT molecular complexity index is 458. The maximum absolute atomic E-state index is 11.2. The van der Waals surface area contributed by atoms with Gasteiger partial charge in [-0.05, 0) is 17.1 Å². The van der Waals surface area contributed by atoms with Crippen LogP contribution in [0.15, 0.2) is 24.3 Å². The number of nitrogens with one attached hydrogen (secondary N) is 1. The maximum atomic E-state index is 11.2. The van der Waals surface area contributed by atoms with Gasteiger partial charge in [0.1, 0.15) is 5.69 Å². The molecule has 0 bridgehead atoms. The van der Waals surface area contributed by atoms with Crippen molar-refractivity contribution in [2.75, 3.05) is 10.3 Å². The molecule has 0 aromatic heterocycles. The quantitative estimate of drug-likeness (QED) is 0.631. The van der Waals surface area contributed by atoms with Gasteiger partial charge in [-0.3, -0.25) is 9.59 Å². The van der Waals surface area contributed by atoms with Crippen LogP contribution < -0.4 is 10.3 Å². The van der Waals surface area contributed by atoms with E-state index in [1.54, 1.807) is 12.1 Å². The molecule has 0 fully saturated rings. The molecule has 17 heavy (non-hydrogen) atoms. The Morgan fingerprint density at radius 3 is 2.35 bits per heavy atom. The fourth-order valence-electron chi connectivity index (χ4n) is 1.33. The summed E-state index contributed by atoms with van der Waals surface area (Å²) in [4.78, 5) is 32.9. The third-order valence-corrected chi connectivity index (χ3v) is 1.90. The van der Waals surface area contributed by atoms with Crippen LogP contribution in [0, 0.1) is 10.1 Å². The Labute approximate surface area is 97.1 Å². The summed E-state index contributed by atoms with van der Waals surface area (Å²) < 4.78 is 0. The zero-order valence-corrected chi connectivity index (χ0v) is 9.34. The van der Waals surface area contributed by atoms with E-state index >= 15 is 0 Å². The lowest BCUT2D eigenvalue weighted by atomic mass is 10.2. The Morgan fingerprint density at radius 2 is 1.88 bits per heavy atom. The Kier molecular flexibility index (Phi) is 3.76. The fourth-order valence-corrected chi connectivity index (χ4v) is 1.33.